The molecule has 0 aromatic heterocycles. The minimum Gasteiger partial charge on any atom is -0.362 e. The van der Waals surface area contributed by atoms with Crippen molar-refractivity contribution in [2.75, 3.05) is 13.2 Å². The van der Waals surface area contributed by atoms with Gasteiger partial charge in [0.25, 0.3) is 0 Å². The van der Waals surface area contributed by atoms with Crippen molar-refractivity contribution < 1.29 is 9.47 Å². The largest absolute Gasteiger partial charge is 0.362 e. The van der Waals surface area contributed by atoms with Gasteiger partial charge in [-0.3, -0.25) is 0 Å². The van der Waals surface area contributed by atoms with Crippen LogP contribution < -0.4 is 0 Å². The van der Waals surface area contributed by atoms with E-state index in [1.807, 2.05) is 13.8 Å². The zero-order valence-electron chi connectivity index (χ0n) is 18.2. The molecule has 30 heavy (non-hydrogen) atoms. The van der Waals surface area contributed by atoms with E-state index in [1.165, 1.54) is 0 Å². The first kappa shape index (κ1) is 39.1. The van der Waals surface area contributed by atoms with Crippen LogP contribution in [0, 0.1) is 47.4 Å². The fourth-order valence-electron chi connectivity index (χ4n) is 3.02. The molecule has 0 aliphatic rings. The van der Waals surface area contributed by atoms with Gasteiger partial charge in [0.05, 0.1) is 13.2 Å². The van der Waals surface area contributed by atoms with E-state index in [0.717, 1.165) is 25.7 Å². The van der Waals surface area contributed by atoms with Crippen LogP contribution in [0.25, 0.3) is 0 Å². The molecule has 0 aliphatic carbocycles. The fraction of sp³-hybridized carbons (Fsp3) is 0.786. The van der Waals surface area contributed by atoms with Gasteiger partial charge in [-0.05, 0) is 52.4 Å². The van der Waals surface area contributed by atoms with Crippen LogP contribution in [0.3, 0.4) is 0 Å². The summed E-state index contributed by atoms with van der Waals surface area (Å²) in [4.78, 5) is 0. The van der Waals surface area contributed by atoms with Gasteiger partial charge in [-0.1, -0.05) is 69.2 Å². The van der Waals surface area contributed by atoms with Gasteiger partial charge in [-0.25, -0.2) is 0 Å². The zero-order valence-corrected chi connectivity index (χ0v) is 18.2. The van der Waals surface area contributed by atoms with Gasteiger partial charge in [0, 0.05) is 12.8 Å². The van der Waals surface area contributed by atoms with Gasteiger partial charge in [-0.2, -0.15) is 0 Å². The van der Waals surface area contributed by atoms with E-state index in [1.54, 1.807) is 0 Å². The second-order valence-corrected chi connectivity index (χ2v) is 7.96. The Bertz CT molecular complexity index is 521. The van der Waals surface area contributed by atoms with Crippen LogP contribution in [0.5, 0.6) is 0 Å². The molecule has 0 spiro atoms. The fourth-order valence-corrected chi connectivity index (χ4v) is 3.02. The van der Waals surface area contributed by atoms with E-state index in [-0.39, 0.29) is 29.7 Å². The lowest BCUT2D eigenvalue weighted by atomic mass is 9.90. The number of hydrogen-bond donors (Lipinski definition) is 0. The van der Waals surface area contributed by atoms with Gasteiger partial charge >= 0.3 is 0 Å². The Balaban J connectivity index is -0.000000521. The molecular weight excluding hydrogens is 368 g/mol. The van der Waals surface area contributed by atoms with E-state index < -0.39 is 11.2 Å². The Morgan fingerprint density at radius 2 is 0.933 bits per heavy atom. The number of ether oxygens (including phenoxy) is 2. The maximum absolute atomic E-state index is 6.13. The topological polar surface area (TPSA) is 18.5 Å². The number of rotatable bonds is 10. The molecule has 0 heterocycles. The van der Waals surface area contributed by atoms with Crippen molar-refractivity contribution in [3.05, 3.63) is 0 Å². The van der Waals surface area contributed by atoms with Crippen LogP contribution in [0.15, 0.2) is 0 Å². The van der Waals surface area contributed by atoms with Crippen LogP contribution in [0.4, 0.5) is 0 Å². The molecule has 0 fully saturated rings. The summed E-state index contributed by atoms with van der Waals surface area (Å²) in [6.07, 6.45) is 3.25. The molecule has 0 radical (unpaired) electrons. The molecule has 178 valence electrons. The van der Waals surface area contributed by atoms with Crippen LogP contribution in [0.2, 0.25) is 0 Å². The highest BCUT2D eigenvalue weighted by atomic mass is 16.5. The Morgan fingerprint density at radius 3 is 1.17 bits per heavy atom. The van der Waals surface area contributed by atoms with Gasteiger partial charge in [0.15, 0.2) is 0 Å². The summed E-state index contributed by atoms with van der Waals surface area (Å²) < 4.78 is 12.3. The van der Waals surface area contributed by atoms with Crippen LogP contribution in [0.1, 0.15) is 111 Å². The second-order valence-electron chi connectivity index (χ2n) is 7.96. The van der Waals surface area contributed by atoms with Crippen molar-refractivity contribution in [2.45, 2.75) is 122 Å². The number of hydrogen-bond acceptors (Lipinski definition) is 2. The molecule has 2 unspecified atom stereocenters. The molecule has 0 N–H and O–H groups in total. The van der Waals surface area contributed by atoms with E-state index in [2.05, 4.69) is 77.1 Å². The maximum atomic E-state index is 6.13. The van der Waals surface area contributed by atoms with Crippen molar-refractivity contribution in [3.63, 3.8) is 0 Å². The summed E-state index contributed by atoms with van der Waals surface area (Å²) in [7, 11) is 0. The first-order valence-corrected chi connectivity index (χ1v) is 9.78. The molecule has 2 heteroatoms. The zero-order chi connectivity index (χ0) is 20.1. The summed E-state index contributed by atoms with van der Waals surface area (Å²) in [6.45, 7) is 17.9. The van der Waals surface area contributed by atoms with Gasteiger partial charge < -0.3 is 9.47 Å². The molecule has 0 aliphatic heterocycles. The lowest BCUT2D eigenvalue weighted by Gasteiger charge is -2.29. The maximum Gasteiger partial charge on any atom is 0.126 e. The van der Waals surface area contributed by atoms with Crippen molar-refractivity contribution in [2.24, 2.45) is 11.8 Å². The molecule has 0 aromatic rings. The van der Waals surface area contributed by atoms with Gasteiger partial charge in [-0.15, -0.1) is 23.7 Å². The van der Waals surface area contributed by atoms with Crippen LogP contribution in [-0.4, -0.2) is 24.4 Å². The summed E-state index contributed by atoms with van der Waals surface area (Å²) >= 11 is 0. The molecule has 0 saturated carbocycles. The Hall–Kier alpha value is -1.40. The van der Waals surface area contributed by atoms with Crippen LogP contribution >= 0.6 is 0 Å². The predicted octanol–water partition coefficient (Wildman–Crippen LogP) is 8.00. The predicted molar refractivity (Wildman–Crippen MR) is 138 cm³/mol. The molecule has 0 rings (SSSR count). The molecule has 0 amide bonds. The highest BCUT2D eigenvalue weighted by Gasteiger charge is 2.28. The third-order valence-corrected chi connectivity index (χ3v) is 3.84. The van der Waals surface area contributed by atoms with E-state index in [0.29, 0.717) is 25.0 Å². The molecular formula is C28H54O2. The third kappa shape index (κ3) is 19.9. The molecule has 0 saturated heterocycles. The average Bonchev–Trinajstić information content (AvgIpc) is 2.53. The second kappa shape index (κ2) is 20.9. The first-order valence-electron chi connectivity index (χ1n) is 9.78. The smallest absolute Gasteiger partial charge is 0.126 e. The van der Waals surface area contributed by atoms with E-state index >= 15 is 0 Å². The molecule has 2 nitrogen and oxygen atoms in total. The summed E-state index contributed by atoms with van der Waals surface area (Å²) in [6, 6.07) is 0. The minimum absolute atomic E-state index is 0. The molecule has 2 atom stereocenters. The van der Waals surface area contributed by atoms with Crippen molar-refractivity contribution >= 4 is 0 Å². The average molecular weight is 423 g/mol. The summed E-state index contributed by atoms with van der Waals surface area (Å²) in [5.41, 5.74) is -0.956. The van der Waals surface area contributed by atoms with Crippen LogP contribution in [-0.2, 0) is 9.47 Å². The van der Waals surface area contributed by atoms with Gasteiger partial charge in [0.2, 0.25) is 0 Å². The third-order valence-electron chi connectivity index (χ3n) is 3.84. The van der Waals surface area contributed by atoms with Crippen molar-refractivity contribution in [1.82, 2.24) is 0 Å². The van der Waals surface area contributed by atoms with Gasteiger partial charge in [0.1, 0.15) is 11.2 Å². The summed E-state index contributed by atoms with van der Waals surface area (Å²) in [5.74, 6) is 19.7. The van der Waals surface area contributed by atoms with Crippen molar-refractivity contribution in [1.29, 1.82) is 0 Å². The normalized spacial score (nSPS) is 13.0. The first-order chi connectivity index (χ1) is 12.2. The Kier molecular flexibility index (Phi) is 27.2. The SMILES string of the molecule is C.C.C.C.CC#CCCOC(C)(C#CC(C)(CC(C)C)OCCC#CC)CC(C)C. The van der Waals surface area contributed by atoms with E-state index in [4.69, 9.17) is 9.47 Å². The lowest BCUT2D eigenvalue weighted by molar-refractivity contribution is -0.00674. The lowest BCUT2D eigenvalue weighted by Crippen LogP contribution is -2.33. The Labute approximate surface area is 192 Å². The molecule has 0 aromatic carbocycles. The highest BCUT2D eigenvalue weighted by Crippen LogP contribution is 2.24. The quantitative estimate of drug-likeness (QED) is 0.262. The molecule has 0 bridgehead atoms. The standard InChI is InChI=1S/C24H38O2.4CH4/c1-9-11-13-17-25-23(7,19-21(3)4)15-16-24(8,20-22(5)6)26-18-14-12-10-2;;;;/h21-22H,13-14,17-20H2,1-8H3;4*1H4. The summed E-state index contributed by atoms with van der Waals surface area (Å²) in [5, 5.41) is 0. The monoisotopic (exact) mass is 422 g/mol. The Morgan fingerprint density at radius 1 is 0.633 bits per heavy atom. The highest BCUT2D eigenvalue weighted by molar-refractivity contribution is 5.21. The minimum atomic E-state index is -0.478. The van der Waals surface area contributed by atoms with Crippen molar-refractivity contribution in [3.8, 4) is 35.5 Å². The van der Waals surface area contributed by atoms with E-state index in [9.17, 15) is 0 Å².